The number of rotatable bonds is 2. The molecule has 0 bridgehead atoms. The van der Waals surface area contributed by atoms with E-state index in [1.807, 2.05) is 6.07 Å². The van der Waals surface area contributed by atoms with Gasteiger partial charge in [0.15, 0.2) is 0 Å². The molecule has 1 spiro atoms. The second kappa shape index (κ2) is 5.41. The second-order valence-electron chi connectivity index (χ2n) is 7.54. The van der Waals surface area contributed by atoms with E-state index in [9.17, 15) is 4.39 Å². The lowest BCUT2D eigenvalue weighted by atomic mass is 9.71. The van der Waals surface area contributed by atoms with E-state index < -0.39 is 0 Å². The molecule has 0 unspecified atom stereocenters. The highest BCUT2D eigenvalue weighted by Gasteiger charge is 2.47. The van der Waals surface area contributed by atoms with Gasteiger partial charge in [0.2, 0.25) is 0 Å². The van der Waals surface area contributed by atoms with E-state index in [0.29, 0.717) is 11.1 Å². The Bertz CT molecular complexity index is 537. The van der Waals surface area contributed by atoms with Crippen molar-refractivity contribution in [3.8, 4) is 0 Å². The molecule has 120 valence electrons. The zero-order chi connectivity index (χ0) is 15.2. The predicted molar refractivity (Wildman–Crippen MR) is 88.5 cm³/mol. The van der Waals surface area contributed by atoms with Gasteiger partial charge >= 0.3 is 0 Å². The Hall–Kier alpha value is -1.29. The molecule has 1 aromatic carbocycles. The number of nitrogens with two attached hydrogens (primary N) is 1. The molecule has 0 amide bonds. The van der Waals surface area contributed by atoms with Gasteiger partial charge in [-0.15, -0.1) is 0 Å². The highest BCUT2D eigenvalue weighted by atomic mass is 19.1. The molecular weight excluding hydrogens is 277 g/mol. The first-order chi connectivity index (χ1) is 10.7. The molecule has 4 heteroatoms. The molecule has 3 fully saturated rings. The zero-order valence-corrected chi connectivity index (χ0v) is 13.2. The minimum atomic E-state index is -0.183. The van der Waals surface area contributed by atoms with Crippen LogP contribution < -0.4 is 10.6 Å². The molecule has 3 nitrogen and oxygen atoms in total. The van der Waals surface area contributed by atoms with E-state index in [2.05, 4.69) is 9.80 Å². The van der Waals surface area contributed by atoms with Gasteiger partial charge in [0, 0.05) is 37.9 Å². The fraction of sp³-hybridized carbons (Fsp3) is 0.667. The predicted octanol–water partition coefficient (Wildman–Crippen LogP) is 3.25. The summed E-state index contributed by atoms with van der Waals surface area (Å²) in [6.45, 7) is 4.49. The number of piperidine rings is 1. The summed E-state index contributed by atoms with van der Waals surface area (Å²) in [7, 11) is 0. The molecule has 22 heavy (non-hydrogen) atoms. The summed E-state index contributed by atoms with van der Waals surface area (Å²) in [4.78, 5) is 4.89. The molecule has 2 heterocycles. The van der Waals surface area contributed by atoms with Gasteiger partial charge in [-0.3, -0.25) is 4.90 Å². The van der Waals surface area contributed by atoms with Crippen LogP contribution in [0.5, 0.6) is 0 Å². The largest absolute Gasteiger partial charge is 0.399 e. The van der Waals surface area contributed by atoms with E-state index in [1.165, 1.54) is 57.7 Å². The van der Waals surface area contributed by atoms with Gasteiger partial charge in [-0.25, -0.2) is 4.39 Å². The number of hydrogen-bond acceptors (Lipinski definition) is 3. The summed E-state index contributed by atoms with van der Waals surface area (Å²) in [6, 6.07) is 5.92. The average molecular weight is 303 g/mol. The molecule has 2 saturated heterocycles. The first kappa shape index (κ1) is 14.3. The van der Waals surface area contributed by atoms with Crippen molar-refractivity contribution in [3.05, 3.63) is 24.0 Å². The first-order valence-electron chi connectivity index (χ1n) is 8.69. The zero-order valence-electron chi connectivity index (χ0n) is 13.2. The van der Waals surface area contributed by atoms with E-state index in [4.69, 9.17) is 5.73 Å². The third kappa shape index (κ3) is 2.47. The summed E-state index contributed by atoms with van der Waals surface area (Å²) < 4.78 is 14.1. The summed E-state index contributed by atoms with van der Waals surface area (Å²) in [5, 5.41) is 0. The van der Waals surface area contributed by atoms with Gasteiger partial charge < -0.3 is 10.6 Å². The van der Waals surface area contributed by atoms with Crippen LogP contribution in [0.1, 0.15) is 38.5 Å². The molecule has 1 aliphatic carbocycles. The van der Waals surface area contributed by atoms with E-state index in [1.54, 1.807) is 6.07 Å². The van der Waals surface area contributed by atoms with Gasteiger partial charge in [0.1, 0.15) is 5.82 Å². The maximum Gasteiger partial charge on any atom is 0.148 e. The fourth-order valence-electron chi connectivity index (χ4n) is 4.66. The van der Waals surface area contributed by atoms with Crippen LogP contribution in [-0.4, -0.2) is 37.1 Å². The molecule has 2 aliphatic heterocycles. The third-order valence-corrected chi connectivity index (χ3v) is 6.05. The van der Waals surface area contributed by atoms with Crippen molar-refractivity contribution >= 4 is 11.4 Å². The van der Waals surface area contributed by atoms with Crippen LogP contribution in [0.4, 0.5) is 15.8 Å². The second-order valence-corrected chi connectivity index (χ2v) is 7.54. The van der Waals surface area contributed by atoms with Crippen LogP contribution in [0.15, 0.2) is 18.2 Å². The van der Waals surface area contributed by atoms with Crippen molar-refractivity contribution in [3.63, 3.8) is 0 Å². The lowest BCUT2D eigenvalue weighted by Gasteiger charge is -2.56. The Morgan fingerprint density at radius 2 is 1.77 bits per heavy atom. The Kier molecular flexibility index (Phi) is 3.52. The molecular formula is C18H26FN3. The molecule has 1 aromatic rings. The van der Waals surface area contributed by atoms with E-state index in [0.717, 1.165) is 24.8 Å². The highest BCUT2D eigenvalue weighted by Crippen LogP contribution is 2.44. The van der Waals surface area contributed by atoms with Crippen LogP contribution >= 0.6 is 0 Å². The SMILES string of the molecule is Nc1ccc(N2CCC3(CC2)CN(C2CCCC2)C3)c(F)c1. The number of nitrogen functional groups attached to an aromatic ring is 1. The minimum Gasteiger partial charge on any atom is -0.399 e. The van der Waals surface area contributed by atoms with Gasteiger partial charge in [-0.1, -0.05) is 12.8 Å². The normalized spacial score (nSPS) is 25.6. The Balaban J connectivity index is 1.35. The molecule has 0 atom stereocenters. The number of nitrogens with zero attached hydrogens (tertiary/aromatic N) is 2. The number of hydrogen-bond donors (Lipinski definition) is 1. The minimum absolute atomic E-state index is 0.183. The first-order valence-corrected chi connectivity index (χ1v) is 8.69. The molecule has 0 radical (unpaired) electrons. The number of likely N-dealkylation sites (tertiary alicyclic amines) is 1. The smallest absolute Gasteiger partial charge is 0.148 e. The van der Waals surface area contributed by atoms with Crippen LogP contribution in [0.3, 0.4) is 0 Å². The Labute approximate surface area is 132 Å². The van der Waals surface area contributed by atoms with Crippen molar-refractivity contribution in [2.24, 2.45) is 5.41 Å². The summed E-state index contributed by atoms with van der Waals surface area (Å²) in [6.07, 6.45) is 8.02. The van der Waals surface area contributed by atoms with Crippen molar-refractivity contribution in [2.75, 3.05) is 36.8 Å². The van der Waals surface area contributed by atoms with Crippen LogP contribution in [-0.2, 0) is 0 Å². The molecule has 2 N–H and O–H groups in total. The van der Waals surface area contributed by atoms with Gasteiger partial charge in [-0.05, 0) is 49.3 Å². The summed E-state index contributed by atoms with van der Waals surface area (Å²) >= 11 is 0. The fourth-order valence-corrected chi connectivity index (χ4v) is 4.66. The Morgan fingerprint density at radius 3 is 2.41 bits per heavy atom. The maximum absolute atomic E-state index is 14.1. The standard InChI is InChI=1S/C18H26FN3/c19-16-11-14(20)5-6-17(16)21-9-7-18(8-10-21)12-22(13-18)15-3-1-2-4-15/h5-6,11,15H,1-4,7-10,12-13,20H2. The van der Waals surface area contributed by atoms with Crippen LogP contribution in [0.2, 0.25) is 0 Å². The molecule has 0 aromatic heterocycles. The van der Waals surface area contributed by atoms with Crippen molar-refractivity contribution < 1.29 is 4.39 Å². The summed E-state index contributed by atoms with van der Waals surface area (Å²) in [5.74, 6) is -0.183. The topological polar surface area (TPSA) is 32.5 Å². The third-order valence-electron chi connectivity index (χ3n) is 6.05. The lowest BCUT2D eigenvalue weighted by Crippen LogP contribution is -2.62. The van der Waals surface area contributed by atoms with Crippen LogP contribution in [0, 0.1) is 11.2 Å². The van der Waals surface area contributed by atoms with Crippen molar-refractivity contribution in [2.45, 2.75) is 44.6 Å². The Morgan fingerprint density at radius 1 is 1.09 bits per heavy atom. The molecule has 4 rings (SSSR count). The highest BCUT2D eigenvalue weighted by molar-refractivity contribution is 5.54. The van der Waals surface area contributed by atoms with Gasteiger partial charge in [0.25, 0.3) is 0 Å². The maximum atomic E-state index is 14.1. The van der Waals surface area contributed by atoms with E-state index in [-0.39, 0.29) is 5.82 Å². The summed E-state index contributed by atoms with van der Waals surface area (Å²) in [5.41, 5.74) is 7.38. The number of halogens is 1. The van der Waals surface area contributed by atoms with Crippen molar-refractivity contribution in [1.82, 2.24) is 4.90 Å². The number of benzene rings is 1. The van der Waals surface area contributed by atoms with E-state index >= 15 is 0 Å². The lowest BCUT2D eigenvalue weighted by molar-refractivity contribution is -0.0452. The number of anilines is 2. The quantitative estimate of drug-likeness (QED) is 0.851. The van der Waals surface area contributed by atoms with Crippen molar-refractivity contribution in [1.29, 1.82) is 0 Å². The van der Waals surface area contributed by atoms with Gasteiger partial charge in [-0.2, -0.15) is 0 Å². The van der Waals surface area contributed by atoms with Crippen LogP contribution in [0.25, 0.3) is 0 Å². The molecule has 3 aliphatic rings. The van der Waals surface area contributed by atoms with Gasteiger partial charge in [0.05, 0.1) is 5.69 Å². The monoisotopic (exact) mass is 303 g/mol. The average Bonchev–Trinajstić information content (AvgIpc) is 2.99. The molecule has 1 saturated carbocycles.